The minimum Gasteiger partial charge on any atom is -0.271 e. The van der Waals surface area contributed by atoms with Crippen LogP contribution < -0.4 is 11.3 Å². The molecule has 0 fully saturated rings. The van der Waals surface area contributed by atoms with E-state index < -0.39 is 0 Å². The zero-order valence-corrected chi connectivity index (χ0v) is 10.8. The maximum Gasteiger partial charge on any atom is 0.0931 e. The van der Waals surface area contributed by atoms with Gasteiger partial charge in [-0.15, -0.1) is 11.3 Å². The quantitative estimate of drug-likeness (QED) is 0.491. The van der Waals surface area contributed by atoms with Gasteiger partial charge in [-0.2, -0.15) is 0 Å². The molecule has 4 heteroatoms. The van der Waals surface area contributed by atoms with Gasteiger partial charge in [-0.1, -0.05) is 29.7 Å². The molecule has 0 bridgehead atoms. The van der Waals surface area contributed by atoms with Gasteiger partial charge in [-0.25, -0.2) is 5.43 Å². The summed E-state index contributed by atoms with van der Waals surface area (Å²) in [5, 5.41) is 0. The van der Waals surface area contributed by atoms with Crippen molar-refractivity contribution in [2.24, 2.45) is 5.84 Å². The number of hydrogen-bond donors (Lipinski definition) is 2. The first kappa shape index (κ1) is 12.1. The second kappa shape index (κ2) is 5.82. The lowest BCUT2D eigenvalue weighted by Crippen LogP contribution is -2.28. The van der Waals surface area contributed by atoms with Crippen molar-refractivity contribution in [3.63, 3.8) is 0 Å². The van der Waals surface area contributed by atoms with Crippen LogP contribution in [0.3, 0.4) is 0 Å². The lowest BCUT2D eigenvalue weighted by atomic mass is 10.0. The lowest BCUT2D eigenvalue weighted by molar-refractivity contribution is 0.600. The molecule has 1 atom stereocenters. The summed E-state index contributed by atoms with van der Waals surface area (Å²) < 4.78 is 0.824. The normalized spacial score (nSPS) is 19.0. The number of thiophene rings is 1. The molecule has 1 aliphatic carbocycles. The summed E-state index contributed by atoms with van der Waals surface area (Å²) in [6.45, 7) is 0. The molecule has 0 saturated heterocycles. The molecular formula is C12H17ClN2S. The highest BCUT2D eigenvalue weighted by Crippen LogP contribution is 2.34. The Labute approximate surface area is 105 Å². The summed E-state index contributed by atoms with van der Waals surface area (Å²) in [7, 11) is 0. The molecular weight excluding hydrogens is 240 g/mol. The number of halogens is 1. The Morgan fingerprint density at radius 2 is 2.19 bits per heavy atom. The molecule has 88 valence electrons. The Hall–Kier alpha value is -0.350. The number of hydrogen-bond acceptors (Lipinski definition) is 3. The van der Waals surface area contributed by atoms with E-state index in [9.17, 15) is 0 Å². The van der Waals surface area contributed by atoms with E-state index >= 15 is 0 Å². The molecule has 0 aliphatic heterocycles. The van der Waals surface area contributed by atoms with Gasteiger partial charge in [0.05, 0.1) is 10.4 Å². The molecule has 2 rings (SSSR count). The largest absolute Gasteiger partial charge is 0.271 e. The van der Waals surface area contributed by atoms with E-state index in [1.54, 1.807) is 11.3 Å². The van der Waals surface area contributed by atoms with E-state index in [0.29, 0.717) is 0 Å². The smallest absolute Gasteiger partial charge is 0.0931 e. The summed E-state index contributed by atoms with van der Waals surface area (Å²) in [6.07, 6.45) is 8.54. The first-order valence-corrected chi connectivity index (χ1v) is 6.91. The topological polar surface area (TPSA) is 38.0 Å². The molecule has 0 amide bonds. The van der Waals surface area contributed by atoms with Gasteiger partial charge in [-0.05, 0) is 37.8 Å². The van der Waals surface area contributed by atoms with Gasteiger partial charge >= 0.3 is 0 Å². The monoisotopic (exact) mass is 256 g/mol. The molecule has 0 aromatic carbocycles. The minimum absolute atomic E-state index is 0.149. The SMILES string of the molecule is NNC(C1=CCCCCC1)c1ccc(Cl)s1. The van der Waals surface area contributed by atoms with Crippen molar-refractivity contribution in [1.29, 1.82) is 0 Å². The van der Waals surface area contributed by atoms with Gasteiger partial charge in [0.25, 0.3) is 0 Å². The molecule has 1 aromatic heterocycles. The van der Waals surface area contributed by atoms with E-state index in [1.807, 2.05) is 6.07 Å². The average molecular weight is 257 g/mol. The fourth-order valence-electron chi connectivity index (χ4n) is 2.16. The van der Waals surface area contributed by atoms with Crippen LogP contribution in [0.15, 0.2) is 23.8 Å². The second-order valence-electron chi connectivity index (χ2n) is 4.12. The van der Waals surface area contributed by atoms with Gasteiger partial charge < -0.3 is 0 Å². The van der Waals surface area contributed by atoms with Crippen molar-refractivity contribution in [2.75, 3.05) is 0 Å². The number of hydrazine groups is 1. The first-order chi connectivity index (χ1) is 7.81. The van der Waals surface area contributed by atoms with Crippen LogP contribution in [-0.4, -0.2) is 0 Å². The van der Waals surface area contributed by atoms with Crippen LogP contribution in [0.2, 0.25) is 4.34 Å². The molecule has 0 saturated carbocycles. The van der Waals surface area contributed by atoms with Crippen LogP contribution in [0.4, 0.5) is 0 Å². The van der Waals surface area contributed by atoms with Gasteiger partial charge in [0.2, 0.25) is 0 Å². The van der Waals surface area contributed by atoms with Gasteiger partial charge in [0.15, 0.2) is 0 Å². The second-order valence-corrected chi connectivity index (χ2v) is 5.87. The zero-order valence-electron chi connectivity index (χ0n) is 9.21. The highest BCUT2D eigenvalue weighted by molar-refractivity contribution is 7.16. The highest BCUT2D eigenvalue weighted by atomic mass is 35.5. The zero-order chi connectivity index (χ0) is 11.4. The summed E-state index contributed by atoms with van der Waals surface area (Å²) in [4.78, 5) is 1.21. The predicted octanol–water partition coefficient (Wildman–Crippen LogP) is 3.80. The summed E-state index contributed by atoms with van der Waals surface area (Å²) in [5.41, 5.74) is 4.33. The van der Waals surface area contributed by atoms with Gasteiger partial charge in [0.1, 0.15) is 0 Å². The number of allylic oxidation sites excluding steroid dienone is 1. The van der Waals surface area contributed by atoms with Crippen LogP contribution in [0.25, 0.3) is 0 Å². The molecule has 1 aliphatic rings. The Kier molecular flexibility index (Phi) is 4.41. The number of rotatable bonds is 3. The van der Waals surface area contributed by atoms with Crippen LogP contribution >= 0.6 is 22.9 Å². The van der Waals surface area contributed by atoms with Crippen molar-refractivity contribution in [1.82, 2.24) is 5.43 Å². The Morgan fingerprint density at radius 1 is 1.31 bits per heavy atom. The van der Waals surface area contributed by atoms with Crippen LogP contribution in [0.5, 0.6) is 0 Å². The third-order valence-electron chi connectivity index (χ3n) is 2.99. The van der Waals surface area contributed by atoms with Crippen molar-refractivity contribution in [3.8, 4) is 0 Å². The predicted molar refractivity (Wildman–Crippen MR) is 70.6 cm³/mol. The van der Waals surface area contributed by atoms with Crippen molar-refractivity contribution in [2.45, 2.75) is 38.1 Å². The van der Waals surface area contributed by atoms with E-state index in [4.69, 9.17) is 17.4 Å². The van der Waals surface area contributed by atoms with Crippen molar-refractivity contribution >= 4 is 22.9 Å². The lowest BCUT2D eigenvalue weighted by Gasteiger charge is -2.17. The van der Waals surface area contributed by atoms with Gasteiger partial charge in [-0.3, -0.25) is 5.84 Å². The molecule has 16 heavy (non-hydrogen) atoms. The van der Waals surface area contributed by atoms with Crippen molar-refractivity contribution in [3.05, 3.63) is 33.0 Å². The summed E-state index contributed by atoms with van der Waals surface area (Å²) in [6, 6.07) is 4.14. The fourth-order valence-corrected chi connectivity index (χ4v) is 3.32. The number of nitrogens with one attached hydrogen (secondary N) is 1. The Balaban J connectivity index is 2.18. The molecule has 1 aromatic rings. The van der Waals surface area contributed by atoms with Crippen LogP contribution in [0, 0.1) is 0 Å². The van der Waals surface area contributed by atoms with Crippen LogP contribution in [0.1, 0.15) is 43.0 Å². The summed E-state index contributed by atoms with van der Waals surface area (Å²) in [5.74, 6) is 5.67. The minimum atomic E-state index is 0.149. The number of nitrogens with two attached hydrogens (primary N) is 1. The van der Waals surface area contributed by atoms with Gasteiger partial charge in [0, 0.05) is 4.88 Å². The standard InChI is InChI=1S/C12H17ClN2S/c13-11-8-7-10(16-11)12(15-14)9-5-3-1-2-4-6-9/h5,7-8,12,15H,1-4,6,14H2. The maximum atomic E-state index is 5.96. The average Bonchev–Trinajstić information content (AvgIpc) is 2.55. The van der Waals surface area contributed by atoms with Crippen molar-refractivity contribution < 1.29 is 0 Å². The van der Waals surface area contributed by atoms with Crippen LogP contribution in [-0.2, 0) is 0 Å². The highest BCUT2D eigenvalue weighted by Gasteiger charge is 2.17. The maximum absolute atomic E-state index is 5.96. The van der Waals surface area contributed by atoms with E-state index in [1.165, 1.54) is 36.1 Å². The molecule has 2 nitrogen and oxygen atoms in total. The molecule has 1 unspecified atom stereocenters. The van der Waals surface area contributed by atoms with E-state index in [-0.39, 0.29) is 6.04 Å². The molecule has 0 radical (unpaired) electrons. The third kappa shape index (κ3) is 2.86. The summed E-state index contributed by atoms with van der Waals surface area (Å²) >= 11 is 7.57. The molecule has 1 heterocycles. The molecule has 0 spiro atoms. The Bertz CT molecular complexity index is 373. The first-order valence-electron chi connectivity index (χ1n) is 5.71. The Morgan fingerprint density at radius 3 is 2.88 bits per heavy atom. The fraction of sp³-hybridized carbons (Fsp3) is 0.500. The van der Waals surface area contributed by atoms with E-state index in [0.717, 1.165) is 10.8 Å². The van der Waals surface area contributed by atoms with E-state index in [2.05, 4.69) is 17.6 Å². The third-order valence-corrected chi connectivity index (χ3v) is 4.29. The molecule has 3 N–H and O–H groups in total.